The van der Waals surface area contributed by atoms with Gasteiger partial charge in [-0.25, -0.2) is 4.79 Å². The SMILES string of the molecule is COCCCOCC1COC(=O)O1. The van der Waals surface area contributed by atoms with Crippen LogP contribution < -0.4 is 0 Å². The number of rotatable bonds is 6. The second-order valence-corrected chi connectivity index (χ2v) is 2.72. The summed E-state index contributed by atoms with van der Waals surface area (Å²) in [5.41, 5.74) is 0. The summed E-state index contributed by atoms with van der Waals surface area (Å²) in [6, 6.07) is 0. The first-order valence-electron chi connectivity index (χ1n) is 4.23. The van der Waals surface area contributed by atoms with Crippen molar-refractivity contribution in [1.82, 2.24) is 0 Å². The largest absolute Gasteiger partial charge is 0.508 e. The molecule has 1 aliphatic rings. The van der Waals surface area contributed by atoms with Crippen LogP contribution in [0.5, 0.6) is 0 Å². The van der Waals surface area contributed by atoms with Crippen LogP contribution in [0.2, 0.25) is 0 Å². The van der Waals surface area contributed by atoms with E-state index in [1.165, 1.54) is 0 Å². The third-order valence-corrected chi connectivity index (χ3v) is 1.59. The number of hydrogen-bond acceptors (Lipinski definition) is 5. The van der Waals surface area contributed by atoms with Gasteiger partial charge in [0.15, 0.2) is 6.10 Å². The molecule has 0 radical (unpaired) electrons. The van der Waals surface area contributed by atoms with E-state index in [1.807, 2.05) is 0 Å². The molecule has 0 saturated carbocycles. The molecule has 0 N–H and O–H groups in total. The molecular formula is C8H14O5. The van der Waals surface area contributed by atoms with E-state index in [4.69, 9.17) is 14.2 Å². The van der Waals surface area contributed by atoms with Crippen LogP contribution in [0.1, 0.15) is 6.42 Å². The summed E-state index contributed by atoms with van der Waals surface area (Å²) in [6.45, 7) is 1.99. The molecule has 76 valence electrons. The van der Waals surface area contributed by atoms with E-state index >= 15 is 0 Å². The van der Waals surface area contributed by atoms with Crippen molar-refractivity contribution in [2.24, 2.45) is 0 Å². The van der Waals surface area contributed by atoms with Crippen LogP contribution in [0, 0.1) is 0 Å². The molecule has 1 saturated heterocycles. The van der Waals surface area contributed by atoms with Gasteiger partial charge in [-0.1, -0.05) is 0 Å². The second-order valence-electron chi connectivity index (χ2n) is 2.72. The molecule has 0 spiro atoms. The van der Waals surface area contributed by atoms with Gasteiger partial charge in [-0.05, 0) is 6.42 Å². The van der Waals surface area contributed by atoms with Crippen LogP contribution in [-0.2, 0) is 18.9 Å². The molecule has 0 aromatic rings. The van der Waals surface area contributed by atoms with E-state index in [1.54, 1.807) is 7.11 Å². The highest BCUT2D eigenvalue weighted by molar-refractivity contribution is 5.61. The molecule has 0 aromatic carbocycles. The Kier molecular flexibility index (Phi) is 4.56. The summed E-state index contributed by atoms with van der Waals surface area (Å²) in [7, 11) is 1.65. The zero-order valence-corrected chi connectivity index (χ0v) is 7.65. The first kappa shape index (κ1) is 10.3. The minimum atomic E-state index is -0.606. The summed E-state index contributed by atoms with van der Waals surface area (Å²) in [4.78, 5) is 10.5. The Balaban J connectivity index is 1.91. The molecule has 0 bridgehead atoms. The Morgan fingerprint density at radius 1 is 1.54 bits per heavy atom. The normalized spacial score (nSPS) is 21.3. The number of hydrogen-bond donors (Lipinski definition) is 0. The fourth-order valence-electron chi connectivity index (χ4n) is 0.967. The molecule has 1 unspecified atom stereocenters. The lowest BCUT2D eigenvalue weighted by molar-refractivity contribution is 0.0374. The minimum Gasteiger partial charge on any atom is -0.430 e. The van der Waals surface area contributed by atoms with E-state index in [-0.39, 0.29) is 6.10 Å². The molecule has 0 aliphatic carbocycles. The van der Waals surface area contributed by atoms with Crippen molar-refractivity contribution in [2.75, 3.05) is 33.5 Å². The highest BCUT2D eigenvalue weighted by atomic mass is 16.8. The lowest BCUT2D eigenvalue weighted by atomic mass is 10.4. The lowest BCUT2D eigenvalue weighted by Crippen LogP contribution is -2.18. The highest BCUT2D eigenvalue weighted by Gasteiger charge is 2.24. The van der Waals surface area contributed by atoms with Gasteiger partial charge in [-0.15, -0.1) is 0 Å². The third-order valence-electron chi connectivity index (χ3n) is 1.59. The molecule has 5 nitrogen and oxygen atoms in total. The zero-order valence-electron chi connectivity index (χ0n) is 7.65. The van der Waals surface area contributed by atoms with Crippen molar-refractivity contribution >= 4 is 6.16 Å². The van der Waals surface area contributed by atoms with Crippen LogP contribution in [0.25, 0.3) is 0 Å². The third kappa shape index (κ3) is 4.10. The fraction of sp³-hybridized carbons (Fsp3) is 0.875. The molecule has 1 atom stereocenters. The van der Waals surface area contributed by atoms with Crippen LogP contribution >= 0.6 is 0 Å². The average molecular weight is 190 g/mol. The Labute approximate surface area is 76.9 Å². The summed E-state index contributed by atoms with van der Waals surface area (Å²) in [5.74, 6) is 0. The molecule has 1 rings (SSSR count). The summed E-state index contributed by atoms with van der Waals surface area (Å²) >= 11 is 0. The van der Waals surface area contributed by atoms with Gasteiger partial charge in [0.25, 0.3) is 0 Å². The topological polar surface area (TPSA) is 54.0 Å². The van der Waals surface area contributed by atoms with Crippen molar-refractivity contribution in [2.45, 2.75) is 12.5 Å². The fourth-order valence-corrected chi connectivity index (χ4v) is 0.967. The van der Waals surface area contributed by atoms with E-state index in [9.17, 15) is 4.79 Å². The Morgan fingerprint density at radius 3 is 3.00 bits per heavy atom. The van der Waals surface area contributed by atoms with Gasteiger partial charge in [-0.2, -0.15) is 0 Å². The summed E-state index contributed by atoms with van der Waals surface area (Å²) < 4.78 is 19.4. The first-order chi connectivity index (χ1) is 6.33. The Morgan fingerprint density at radius 2 is 2.38 bits per heavy atom. The van der Waals surface area contributed by atoms with Crippen LogP contribution in [0.15, 0.2) is 0 Å². The van der Waals surface area contributed by atoms with E-state index in [0.717, 1.165) is 6.42 Å². The summed E-state index contributed by atoms with van der Waals surface area (Å²) in [5, 5.41) is 0. The van der Waals surface area contributed by atoms with E-state index in [0.29, 0.717) is 26.4 Å². The highest BCUT2D eigenvalue weighted by Crippen LogP contribution is 2.06. The number of carbonyl (C=O) groups excluding carboxylic acids is 1. The van der Waals surface area contributed by atoms with Crippen LogP contribution in [0.4, 0.5) is 4.79 Å². The monoisotopic (exact) mass is 190 g/mol. The Bertz CT molecular complexity index is 159. The van der Waals surface area contributed by atoms with Crippen molar-refractivity contribution in [3.63, 3.8) is 0 Å². The van der Waals surface area contributed by atoms with Gasteiger partial charge >= 0.3 is 6.16 Å². The Hall–Kier alpha value is -0.810. The number of carbonyl (C=O) groups is 1. The van der Waals surface area contributed by atoms with E-state index in [2.05, 4.69) is 4.74 Å². The zero-order chi connectivity index (χ0) is 9.52. The first-order valence-corrected chi connectivity index (χ1v) is 4.23. The van der Waals surface area contributed by atoms with Gasteiger partial charge in [0.1, 0.15) is 6.61 Å². The van der Waals surface area contributed by atoms with Crippen molar-refractivity contribution < 1.29 is 23.7 Å². The van der Waals surface area contributed by atoms with Crippen molar-refractivity contribution in [3.8, 4) is 0 Å². The molecular weight excluding hydrogens is 176 g/mol. The van der Waals surface area contributed by atoms with Crippen LogP contribution in [-0.4, -0.2) is 45.8 Å². The number of cyclic esters (lactones) is 2. The average Bonchev–Trinajstić information content (AvgIpc) is 2.51. The van der Waals surface area contributed by atoms with Gasteiger partial charge in [0.2, 0.25) is 0 Å². The van der Waals surface area contributed by atoms with Crippen LogP contribution in [0.3, 0.4) is 0 Å². The van der Waals surface area contributed by atoms with Crippen molar-refractivity contribution in [3.05, 3.63) is 0 Å². The van der Waals surface area contributed by atoms with Gasteiger partial charge in [0, 0.05) is 20.3 Å². The maximum Gasteiger partial charge on any atom is 0.508 e. The smallest absolute Gasteiger partial charge is 0.430 e. The maximum absolute atomic E-state index is 10.5. The van der Waals surface area contributed by atoms with Gasteiger partial charge in [-0.3, -0.25) is 0 Å². The van der Waals surface area contributed by atoms with E-state index < -0.39 is 6.16 Å². The molecule has 5 heteroatoms. The second kappa shape index (κ2) is 5.77. The molecule has 1 heterocycles. The molecule has 0 amide bonds. The van der Waals surface area contributed by atoms with Gasteiger partial charge in [0.05, 0.1) is 6.61 Å². The minimum absolute atomic E-state index is 0.241. The van der Waals surface area contributed by atoms with Gasteiger partial charge < -0.3 is 18.9 Å². The standard InChI is InChI=1S/C8H14O5/c1-10-3-2-4-11-5-7-6-12-8(9)13-7/h7H,2-6H2,1H3. The molecule has 1 fully saturated rings. The molecule has 1 aliphatic heterocycles. The number of methoxy groups -OCH3 is 1. The lowest BCUT2D eigenvalue weighted by Gasteiger charge is -2.06. The predicted octanol–water partition coefficient (Wildman–Crippen LogP) is 0.575. The summed E-state index contributed by atoms with van der Waals surface area (Å²) in [6.07, 6.45) is -0.00146. The predicted molar refractivity (Wildman–Crippen MR) is 43.5 cm³/mol. The quantitative estimate of drug-likeness (QED) is 0.453. The number of ether oxygens (including phenoxy) is 4. The molecule has 13 heavy (non-hydrogen) atoms. The molecule has 0 aromatic heterocycles. The maximum atomic E-state index is 10.5. The van der Waals surface area contributed by atoms with Crippen molar-refractivity contribution in [1.29, 1.82) is 0 Å².